The molecule has 0 amide bonds. The fourth-order valence-corrected chi connectivity index (χ4v) is 2.63. The molecule has 19 heavy (non-hydrogen) atoms. The van der Waals surface area contributed by atoms with Gasteiger partial charge in [0.25, 0.3) is 0 Å². The van der Waals surface area contributed by atoms with Crippen LogP contribution in [0.15, 0.2) is 18.3 Å². The molecule has 0 atom stereocenters. The highest BCUT2D eigenvalue weighted by Gasteiger charge is 2.12. The lowest BCUT2D eigenvalue weighted by Gasteiger charge is -2.06. The molecule has 2 rings (SSSR count). The molecule has 0 fully saturated rings. The third-order valence-corrected chi connectivity index (χ3v) is 3.28. The summed E-state index contributed by atoms with van der Waals surface area (Å²) in [5.74, 6) is 0. The van der Waals surface area contributed by atoms with E-state index in [4.69, 9.17) is 34.8 Å². The van der Waals surface area contributed by atoms with E-state index in [0.717, 1.165) is 18.7 Å². The summed E-state index contributed by atoms with van der Waals surface area (Å²) in [5, 5.41) is 12.7. The number of halogens is 3. The molecule has 0 aliphatic carbocycles. The van der Waals surface area contributed by atoms with Gasteiger partial charge in [0.15, 0.2) is 0 Å². The highest BCUT2D eigenvalue weighted by molar-refractivity contribution is 6.40. The average Bonchev–Trinajstić information content (AvgIpc) is 2.76. The summed E-state index contributed by atoms with van der Waals surface area (Å²) in [6.07, 6.45) is 2.87. The molecular formula is C12H13Cl3N4. The Kier molecular flexibility index (Phi) is 5.05. The van der Waals surface area contributed by atoms with Crippen molar-refractivity contribution in [1.29, 1.82) is 0 Å². The second-order valence-corrected chi connectivity index (χ2v) is 5.30. The number of nitrogens with zero attached hydrogens (tertiary/aromatic N) is 3. The maximum Gasteiger partial charge on any atom is 0.104 e. The van der Waals surface area contributed by atoms with E-state index >= 15 is 0 Å². The van der Waals surface area contributed by atoms with E-state index in [1.807, 2.05) is 0 Å². The van der Waals surface area contributed by atoms with Crippen LogP contribution in [0.1, 0.15) is 19.0 Å². The van der Waals surface area contributed by atoms with Gasteiger partial charge in [0.05, 0.1) is 21.9 Å². The lowest BCUT2D eigenvalue weighted by atomic mass is 10.3. The van der Waals surface area contributed by atoms with E-state index < -0.39 is 0 Å². The van der Waals surface area contributed by atoms with Crippen LogP contribution < -0.4 is 5.32 Å². The molecule has 0 aliphatic rings. The molecule has 0 spiro atoms. The molecule has 1 N–H and O–H groups in total. The predicted molar refractivity (Wildman–Crippen MR) is 78.4 cm³/mol. The summed E-state index contributed by atoms with van der Waals surface area (Å²) >= 11 is 18.1. The Balaban J connectivity index is 2.23. The Bertz CT molecular complexity index is 545. The molecule has 0 unspecified atom stereocenters. The predicted octanol–water partition coefficient (Wildman–Crippen LogP) is 3.73. The Morgan fingerprint density at radius 3 is 2.53 bits per heavy atom. The van der Waals surface area contributed by atoms with Gasteiger partial charge in [0, 0.05) is 11.6 Å². The second-order valence-electron chi connectivity index (χ2n) is 4.05. The third kappa shape index (κ3) is 3.60. The SMILES string of the molecule is CCCNCc1cn(-c2c(Cl)cc(Cl)cc2Cl)nn1. The number of nitrogens with one attached hydrogen (secondary N) is 1. The van der Waals surface area contributed by atoms with E-state index in [0.29, 0.717) is 27.3 Å². The van der Waals surface area contributed by atoms with Crippen LogP contribution in [-0.2, 0) is 6.54 Å². The topological polar surface area (TPSA) is 42.7 Å². The average molecular weight is 320 g/mol. The molecule has 2 aromatic rings. The van der Waals surface area contributed by atoms with Gasteiger partial charge in [0.2, 0.25) is 0 Å². The first-order valence-electron chi connectivity index (χ1n) is 5.88. The summed E-state index contributed by atoms with van der Waals surface area (Å²) in [6, 6.07) is 3.25. The van der Waals surface area contributed by atoms with Crippen molar-refractivity contribution in [2.24, 2.45) is 0 Å². The molecule has 7 heteroatoms. The Hall–Kier alpha value is -0.810. The standard InChI is InChI=1S/C12H13Cl3N4/c1-2-3-16-6-9-7-19(18-17-9)12-10(14)4-8(13)5-11(12)15/h4-5,7,16H,2-3,6H2,1H3. The van der Waals surface area contributed by atoms with Crippen molar-refractivity contribution in [3.63, 3.8) is 0 Å². The molecule has 102 valence electrons. The lowest BCUT2D eigenvalue weighted by Crippen LogP contribution is -2.13. The van der Waals surface area contributed by atoms with Gasteiger partial charge in [0.1, 0.15) is 5.69 Å². The Labute approximate surface area is 126 Å². The van der Waals surface area contributed by atoms with Crippen LogP contribution in [0.25, 0.3) is 5.69 Å². The zero-order valence-corrected chi connectivity index (χ0v) is 12.6. The summed E-state index contributed by atoms with van der Waals surface area (Å²) in [6.45, 7) is 3.71. The van der Waals surface area contributed by atoms with Gasteiger partial charge in [-0.25, -0.2) is 4.68 Å². The summed E-state index contributed by atoms with van der Waals surface area (Å²) in [7, 11) is 0. The smallest absolute Gasteiger partial charge is 0.104 e. The van der Waals surface area contributed by atoms with Crippen LogP contribution in [0.3, 0.4) is 0 Å². The van der Waals surface area contributed by atoms with Gasteiger partial charge in [-0.15, -0.1) is 5.10 Å². The van der Waals surface area contributed by atoms with E-state index in [9.17, 15) is 0 Å². The van der Waals surface area contributed by atoms with Gasteiger partial charge in [-0.2, -0.15) is 0 Å². The molecule has 4 nitrogen and oxygen atoms in total. The van der Waals surface area contributed by atoms with Crippen LogP contribution in [0.2, 0.25) is 15.1 Å². The summed E-state index contributed by atoms with van der Waals surface area (Å²) in [4.78, 5) is 0. The molecule has 1 heterocycles. The molecule has 0 saturated heterocycles. The number of aromatic nitrogens is 3. The molecule has 0 radical (unpaired) electrons. The maximum atomic E-state index is 6.13. The fraction of sp³-hybridized carbons (Fsp3) is 0.333. The Morgan fingerprint density at radius 2 is 1.89 bits per heavy atom. The summed E-state index contributed by atoms with van der Waals surface area (Å²) < 4.78 is 1.56. The molecule has 0 aliphatic heterocycles. The lowest BCUT2D eigenvalue weighted by molar-refractivity contribution is 0.662. The van der Waals surface area contributed by atoms with Crippen LogP contribution >= 0.6 is 34.8 Å². The van der Waals surface area contributed by atoms with Crippen molar-refractivity contribution in [2.45, 2.75) is 19.9 Å². The van der Waals surface area contributed by atoms with Gasteiger partial charge in [-0.3, -0.25) is 0 Å². The van der Waals surface area contributed by atoms with E-state index in [-0.39, 0.29) is 0 Å². The largest absolute Gasteiger partial charge is 0.311 e. The van der Waals surface area contributed by atoms with Crippen molar-refractivity contribution in [3.05, 3.63) is 39.1 Å². The zero-order chi connectivity index (χ0) is 13.8. The fourth-order valence-electron chi connectivity index (χ4n) is 1.64. The van der Waals surface area contributed by atoms with E-state index in [1.54, 1.807) is 23.0 Å². The maximum absolute atomic E-state index is 6.13. The van der Waals surface area contributed by atoms with Crippen molar-refractivity contribution in [2.75, 3.05) is 6.54 Å². The minimum Gasteiger partial charge on any atom is -0.311 e. The van der Waals surface area contributed by atoms with Crippen molar-refractivity contribution in [1.82, 2.24) is 20.3 Å². The van der Waals surface area contributed by atoms with Crippen LogP contribution in [0, 0.1) is 0 Å². The van der Waals surface area contributed by atoms with Gasteiger partial charge in [-0.05, 0) is 25.1 Å². The third-order valence-electron chi connectivity index (χ3n) is 2.48. The summed E-state index contributed by atoms with van der Waals surface area (Å²) in [5.41, 5.74) is 1.41. The van der Waals surface area contributed by atoms with Gasteiger partial charge < -0.3 is 5.32 Å². The second kappa shape index (κ2) is 6.57. The molecule has 1 aromatic heterocycles. The quantitative estimate of drug-likeness (QED) is 0.854. The van der Waals surface area contributed by atoms with Crippen molar-refractivity contribution < 1.29 is 0 Å². The Morgan fingerprint density at radius 1 is 1.21 bits per heavy atom. The van der Waals surface area contributed by atoms with E-state index in [2.05, 4.69) is 22.6 Å². The minimum absolute atomic E-state index is 0.440. The van der Waals surface area contributed by atoms with Crippen LogP contribution in [0.4, 0.5) is 0 Å². The van der Waals surface area contributed by atoms with E-state index in [1.165, 1.54) is 0 Å². The van der Waals surface area contributed by atoms with Crippen LogP contribution in [-0.4, -0.2) is 21.5 Å². The highest BCUT2D eigenvalue weighted by Crippen LogP contribution is 2.31. The number of hydrogen-bond donors (Lipinski definition) is 1. The number of hydrogen-bond acceptors (Lipinski definition) is 3. The van der Waals surface area contributed by atoms with Gasteiger partial charge in [-0.1, -0.05) is 46.9 Å². The van der Waals surface area contributed by atoms with Crippen molar-refractivity contribution >= 4 is 34.8 Å². The molecular weight excluding hydrogens is 307 g/mol. The first kappa shape index (κ1) is 14.6. The molecule has 0 bridgehead atoms. The zero-order valence-electron chi connectivity index (χ0n) is 10.3. The van der Waals surface area contributed by atoms with Gasteiger partial charge >= 0.3 is 0 Å². The normalized spacial score (nSPS) is 10.9. The first-order valence-corrected chi connectivity index (χ1v) is 7.02. The van der Waals surface area contributed by atoms with Crippen LogP contribution in [0.5, 0.6) is 0 Å². The monoisotopic (exact) mass is 318 g/mol. The first-order chi connectivity index (χ1) is 9.11. The molecule has 1 aromatic carbocycles. The highest BCUT2D eigenvalue weighted by atomic mass is 35.5. The minimum atomic E-state index is 0.440. The number of rotatable bonds is 5. The number of benzene rings is 1. The van der Waals surface area contributed by atoms with Crippen molar-refractivity contribution in [3.8, 4) is 5.69 Å². The molecule has 0 saturated carbocycles.